The lowest BCUT2D eigenvalue weighted by Gasteiger charge is -2.19. The van der Waals surface area contributed by atoms with E-state index in [1.807, 2.05) is 19.0 Å². The maximum absolute atomic E-state index is 13.0. The number of carbonyl (C=O) groups is 2. The SMILES string of the molecule is C[C@H](Cl)C(=O)Nc1ccc(N(C)C)c(C(=O)NCc2ccc(F)cc2)c1. The molecule has 2 aromatic carbocycles. The van der Waals surface area contributed by atoms with Gasteiger partial charge in [-0.1, -0.05) is 12.1 Å². The summed E-state index contributed by atoms with van der Waals surface area (Å²) in [6, 6.07) is 11.0. The van der Waals surface area contributed by atoms with Gasteiger partial charge in [-0.25, -0.2) is 4.39 Å². The fourth-order valence-electron chi connectivity index (χ4n) is 2.31. The summed E-state index contributed by atoms with van der Waals surface area (Å²) >= 11 is 5.76. The van der Waals surface area contributed by atoms with Crippen molar-refractivity contribution in [1.29, 1.82) is 0 Å². The summed E-state index contributed by atoms with van der Waals surface area (Å²) in [6.45, 7) is 1.84. The average molecular weight is 378 g/mol. The first-order chi connectivity index (χ1) is 12.3. The Hall–Kier alpha value is -2.60. The molecule has 0 aliphatic heterocycles. The van der Waals surface area contributed by atoms with Crippen molar-refractivity contribution in [2.45, 2.75) is 18.8 Å². The predicted octanol–water partition coefficient (Wildman–Crippen LogP) is 3.39. The lowest BCUT2D eigenvalue weighted by Crippen LogP contribution is -2.26. The standard InChI is InChI=1S/C19H21ClFN3O2/c1-12(20)18(25)23-15-8-9-17(24(2)3)16(10-15)19(26)22-11-13-4-6-14(21)7-5-13/h4-10,12H,11H2,1-3H3,(H,22,26)(H,23,25)/t12-/m0/s1. The molecular weight excluding hydrogens is 357 g/mol. The van der Waals surface area contributed by atoms with E-state index < -0.39 is 5.38 Å². The van der Waals surface area contributed by atoms with Gasteiger partial charge in [-0.2, -0.15) is 0 Å². The zero-order chi connectivity index (χ0) is 19.3. The minimum absolute atomic E-state index is 0.265. The lowest BCUT2D eigenvalue weighted by atomic mass is 10.1. The number of nitrogens with one attached hydrogen (secondary N) is 2. The third-order valence-electron chi connectivity index (χ3n) is 3.72. The van der Waals surface area contributed by atoms with Gasteiger partial charge in [-0.15, -0.1) is 11.6 Å². The van der Waals surface area contributed by atoms with Crippen LogP contribution in [0.1, 0.15) is 22.8 Å². The Morgan fingerprint density at radius 3 is 2.38 bits per heavy atom. The maximum Gasteiger partial charge on any atom is 0.253 e. The van der Waals surface area contributed by atoms with Crippen LogP contribution in [-0.2, 0) is 11.3 Å². The Kier molecular flexibility index (Phi) is 6.58. The maximum atomic E-state index is 13.0. The summed E-state index contributed by atoms with van der Waals surface area (Å²) in [5.41, 5.74) is 2.39. The van der Waals surface area contributed by atoms with Crippen molar-refractivity contribution < 1.29 is 14.0 Å². The molecule has 2 aromatic rings. The summed E-state index contributed by atoms with van der Waals surface area (Å²) in [6.07, 6.45) is 0. The number of halogens is 2. The highest BCUT2D eigenvalue weighted by atomic mass is 35.5. The third kappa shape index (κ3) is 5.20. The number of hydrogen-bond acceptors (Lipinski definition) is 3. The lowest BCUT2D eigenvalue weighted by molar-refractivity contribution is -0.115. The number of rotatable bonds is 6. The van der Waals surface area contributed by atoms with Crippen LogP contribution in [0.15, 0.2) is 42.5 Å². The molecule has 138 valence electrons. The van der Waals surface area contributed by atoms with Crippen molar-refractivity contribution in [2.24, 2.45) is 0 Å². The van der Waals surface area contributed by atoms with Gasteiger partial charge in [0.25, 0.3) is 5.91 Å². The smallest absolute Gasteiger partial charge is 0.253 e. The van der Waals surface area contributed by atoms with Gasteiger partial charge in [0.05, 0.1) is 5.56 Å². The topological polar surface area (TPSA) is 61.4 Å². The third-order valence-corrected chi connectivity index (χ3v) is 3.92. The first-order valence-corrected chi connectivity index (χ1v) is 8.50. The largest absolute Gasteiger partial charge is 0.377 e. The number of amides is 2. The number of benzene rings is 2. The minimum Gasteiger partial charge on any atom is -0.377 e. The number of hydrogen-bond donors (Lipinski definition) is 2. The molecule has 0 aliphatic carbocycles. The molecule has 2 rings (SSSR count). The Bertz CT molecular complexity index is 792. The van der Waals surface area contributed by atoms with Gasteiger partial charge >= 0.3 is 0 Å². The normalized spacial score (nSPS) is 11.6. The van der Waals surface area contributed by atoms with Crippen molar-refractivity contribution in [1.82, 2.24) is 5.32 Å². The van der Waals surface area contributed by atoms with E-state index in [0.717, 1.165) is 5.56 Å². The molecule has 0 radical (unpaired) electrons. The van der Waals surface area contributed by atoms with Crippen molar-refractivity contribution in [2.75, 3.05) is 24.3 Å². The molecule has 0 aliphatic rings. The van der Waals surface area contributed by atoms with Gasteiger partial charge in [0, 0.05) is 32.0 Å². The van der Waals surface area contributed by atoms with Gasteiger partial charge in [-0.3, -0.25) is 9.59 Å². The Labute approximate surface area is 157 Å². The summed E-state index contributed by atoms with van der Waals surface area (Å²) in [5, 5.41) is 4.80. The van der Waals surface area contributed by atoms with Crippen LogP contribution in [0.4, 0.5) is 15.8 Å². The van der Waals surface area contributed by atoms with E-state index in [0.29, 0.717) is 16.9 Å². The quantitative estimate of drug-likeness (QED) is 0.758. The molecule has 0 fully saturated rings. The Morgan fingerprint density at radius 1 is 1.15 bits per heavy atom. The zero-order valence-corrected chi connectivity index (χ0v) is 15.6. The molecule has 0 heterocycles. The van der Waals surface area contributed by atoms with E-state index in [4.69, 9.17) is 11.6 Å². The van der Waals surface area contributed by atoms with Crippen LogP contribution in [0.5, 0.6) is 0 Å². The molecule has 0 unspecified atom stereocenters. The molecule has 5 nitrogen and oxygen atoms in total. The highest BCUT2D eigenvalue weighted by Crippen LogP contribution is 2.23. The number of anilines is 2. The van der Waals surface area contributed by atoms with E-state index in [9.17, 15) is 14.0 Å². The molecule has 1 atom stereocenters. The van der Waals surface area contributed by atoms with Gasteiger partial charge in [0.1, 0.15) is 11.2 Å². The van der Waals surface area contributed by atoms with Crippen molar-refractivity contribution in [3.8, 4) is 0 Å². The van der Waals surface area contributed by atoms with E-state index in [2.05, 4.69) is 10.6 Å². The van der Waals surface area contributed by atoms with Crippen LogP contribution in [-0.4, -0.2) is 31.3 Å². The van der Waals surface area contributed by atoms with Crippen LogP contribution in [0.2, 0.25) is 0 Å². The van der Waals surface area contributed by atoms with Gasteiger partial charge in [0.15, 0.2) is 0 Å². The Balaban J connectivity index is 2.19. The molecule has 7 heteroatoms. The number of alkyl halides is 1. The summed E-state index contributed by atoms with van der Waals surface area (Å²) < 4.78 is 13.0. The highest BCUT2D eigenvalue weighted by molar-refractivity contribution is 6.32. The van der Waals surface area contributed by atoms with Crippen molar-refractivity contribution >= 4 is 34.8 Å². The predicted molar refractivity (Wildman–Crippen MR) is 102 cm³/mol. The second-order valence-electron chi connectivity index (χ2n) is 6.04. The number of nitrogens with zero attached hydrogens (tertiary/aromatic N) is 1. The molecule has 0 bridgehead atoms. The highest BCUT2D eigenvalue weighted by Gasteiger charge is 2.16. The molecule has 26 heavy (non-hydrogen) atoms. The second-order valence-corrected chi connectivity index (χ2v) is 6.70. The number of carbonyl (C=O) groups excluding carboxylic acids is 2. The molecule has 0 saturated carbocycles. The molecule has 2 amide bonds. The fraction of sp³-hybridized carbons (Fsp3) is 0.263. The zero-order valence-electron chi connectivity index (χ0n) is 14.8. The van der Waals surface area contributed by atoms with E-state index in [-0.39, 0.29) is 24.2 Å². The molecule has 0 aromatic heterocycles. The summed E-state index contributed by atoms with van der Waals surface area (Å²) in [4.78, 5) is 26.2. The first kappa shape index (κ1) is 19.7. The van der Waals surface area contributed by atoms with E-state index in [1.165, 1.54) is 12.1 Å². The monoisotopic (exact) mass is 377 g/mol. The Morgan fingerprint density at radius 2 is 1.81 bits per heavy atom. The van der Waals surface area contributed by atoms with Crippen LogP contribution < -0.4 is 15.5 Å². The summed E-state index contributed by atoms with van der Waals surface area (Å²) in [5.74, 6) is -0.970. The molecule has 0 saturated heterocycles. The fourth-order valence-corrected chi connectivity index (χ4v) is 2.36. The van der Waals surface area contributed by atoms with E-state index >= 15 is 0 Å². The van der Waals surface area contributed by atoms with Crippen LogP contribution in [0.25, 0.3) is 0 Å². The van der Waals surface area contributed by atoms with Gasteiger partial charge in [-0.05, 0) is 42.8 Å². The minimum atomic E-state index is -0.681. The molecule has 0 spiro atoms. The average Bonchev–Trinajstić information content (AvgIpc) is 2.60. The first-order valence-electron chi connectivity index (χ1n) is 8.07. The summed E-state index contributed by atoms with van der Waals surface area (Å²) in [7, 11) is 3.65. The van der Waals surface area contributed by atoms with Crippen molar-refractivity contribution in [3.63, 3.8) is 0 Å². The van der Waals surface area contributed by atoms with Gasteiger partial charge in [0.2, 0.25) is 5.91 Å². The van der Waals surface area contributed by atoms with E-state index in [1.54, 1.807) is 37.3 Å². The second kappa shape index (κ2) is 8.67. The molecular formula is C19H21ClFN3O2. The van der Waals surface area contributed by atoms with Crippen LogP contribution >= 0.6 is 11.6 Å². The van der Waals surface area contributed by atoms with Gasteiger partial charge < -0.3 is 15.5 Å². The van der Waals surface area contributed by atoms with Crippen LogP contribution in [0, 0.1) is 5.82 Å². The van der Waals surface area contributed by atoms with Crippen molar-refractivity contribution in [3.05, 3.63) is 59.4 Å². The van der Waals surface area contributed by atoms with Crippen LogP contribution in [0.3, 0.4) is 0 Å². The molecule has 2 N–H and O–H groups in total.